The Morgan fingerprint density at radius 1 is 1.08 bits per heavy atom. The summed E-state index contributed by atoms with van der Waals surface area (Å²) >= 11 is 0. The molecule has 0 bridgehead atoms. The van der Waals surface area contributed by atoms with Crippen LogP contribution in [0.25, 0.3) is 0 Å². The van der Waals surface area contributed by atoms with Gasteiger partial charge < -0.3 is 9.53 Å². The smallest absolute Gasteiger partial charge is 0.341 e. The summed E-state index contributed by atoms with van der Waals surface area (Å²) in [6.07, 6.45) is 3.40. The van der Waals surface area contributed by atoms with Crippen LogP contribution in [-0.2, 0) is 14.3 Å². The van der Waals surface area contributed by atoms with Gasteiger partial charge in [-0.25, -0.2) is 4.79 Å². The predicted octanol–water partition coefficient (Wildman–Crippen LogP) is 3.30. The van der Waals surface area contributed by atoms with E-state index in [9.17, 15) is 9.59 Å². The summed E-state index contributed by atoms with van der Waals surface area (Å²) < 4.78 is 4.94. The van der Waals surface area contributed by atoms with Gasteiger partial charge in [-0.2, -0.15) is 0 Å². The van der Waals surface area contributed by atoms with Crippen molar-refractivity contribution in [1.82, 2.24) is 10.6 Å². The number of carbonyl (C=O) groups excluding carboxylic acids is 2. The van der Waals surface area contributed by atoms with Gasteiger partial charge in [-0.1, -0.05) is 43.3 Å². The number of hydrogen-bond donors (Lipinski definition) is 2. The normalized spacial score (nSPS) is 14.0. The van der Waals surface area contributed by atoms with Gasteiger partial charge in [-0.05, 0) is 40.0 Å². The molecule has 0 aliphatic carbocycles. The summed E-state index contributed by atoms with van der Waals surface area (Å²) in [6.45, 7) is 8.05. The number of rotatable bonds is 10. The van der Waals surface area contributed by atoms with Crippen molar-refractivity contribution >= 4 is 12.3 Å². The molecule has 2 N–H and O–H groups in total. The Hall–Kier alpha value is -1.72. The largest absolute Gasteiger partial charge is 0.467 e. The lowest BCUT2D eigenvalue weighted by molar-refractivity contribution is -0.151. The molecule has 25 heavy (non-hydrogen) atoms. The zero-order valence-electron chi connectivity index (χ0n) is 16.2. The molecule has 0 amide bonds. The van der Waals surface area contributed by atoms with Crippen molar-refractivity contribution in [2.75, 3.05) is 7.11 Å². The Kier molecular flexibility index (Phi) is 12.6. The van der Waals surface area contributed by atoms with Gasteiger partial charge >= 0.3 is 5.97 Å². The number of unbranched alkanes of at least 4 members (excludes halogenated alkanes) is 1. The van der Waals surface area contributed by atoms with Crippen LogP contribution in [0.1, 0.15) is 53.4 Å². The average molecular weight is 351 g/mol. The molecule has 5 heteroatoms. The van der Waals surface area contributed by atoms with Crippen molar-refractivity contribution in [1.29, 1.82) is 0 Å². The summed E-state index contributed by atoms with van der Waals surface area (Å²) in [5, 5.41) is 6.59. The molecule has 1 rings (SSSR count). The summed E-state index contributed by atoms with van der Waals surface area (Å²) in [5.74, 6) is -0.326. The van der Waals surface area contributed by atoms with Crippen LogP contribution >= 0.6 is 0 Å². The first-order valence-corrected chi connectivity index (χ1v) is 8.99. The lowest BCUT2D eigenvalue weighted by Gasteiger charge is -2.37. The van der Waals surface area contributed by atoms with E-state index in [0.29, 0.717) is 19.3 Å². The molecule has 0 spiro atoms. The van der Waals surface area contributed by atoms with Crippen LogP contribution < -0.4 is 10.6 Å². The maximum Gasteiger partial charge on any atom is 0.341 e. The molecule has 1 aromatic carbocycles. The number of carbonyl (C=O) groups is 2. The molecule has 0 fully saturated rings. The third-order valence-electron chi connectivity index (χ3n) is 3.71. The third kappa shape index (κ3) is 9.99. The topological polar surface area (TPSA) is 67.4 Å². The number of benzene rings is 1. The number of ether oxygens (including phenoxy) is 1. The van der Waals surface area contributed by atoms with Crippen molar-refractivity contribution in [2.24, 2.45) is 0 Å². The molecule has 1 aromatic rings. The number of aldehydes is 1. The molecule has 0 radical (unpaired) electrons. The molecule has 2 atom stereocenters. The zero-order chi connectivity index (χ0) is 19.1. The summed E-state index contributed by atoms with van der Waals surface area (Å²) in [7, 11) is 1.39. The highest BCUT2D eigenvalue weighted by molar-refractivity contribution is 5.80. The fourth-order valence-corrected chi connectivity index (χ4v) is 2.43. The summed E-state index contributed by atoms with van der Waals surface area (Å²) in [4.78, 5) is 22.7. The SMILES string of the molecule is CCC(C)NC(CCCC=O)(NC(C)C)C(=O)OC.c1ccccc1. The van der Waals surface area contributed by atoms with Gasteiger partial charge in [0.15, 0.2) is 5.66 Å². The van der Waals surface area contributed by atoms with Crippen LogP contribution in [0.15, 0.2) is 36.4 Å². The molecule has 0 aliphatic heterocycles. The van der Waals surface area contributed by atoms with Crippen LogP contribution in [0.4, 0.5) is 0 Å². The molecule has 0 heterocycles. The Labute approximate surface area is 152 Å². The Balaban J connectivity index is 0.000000796. The van der Waals surface area contributed by atoms with Crippen molar-refractivity contribution in [3.8, 4) is 0 Å². The Morgan fingerprint density at radius 2 is 1.60 bits per heavy atom. The molecule has 0 aliphatic rings. The van der Waals surface area contributed by atoms with E-state index in [1.807, 2.05) is 57.2 Å². The second-order valence-electron chi connectivity index (χ2n) is 6.36. The highest BCUT2D eigenvalue weighted by atomic mass is 16.5. The van der Waals surface area contributed by atoms with E-state index in [4.69, 9.17) is 4.74 Å². The van der Waals surface area contributed by atoms with E-state index >= 15 is 0 Å². The quantitative estimate of drug-likeness (QED) is 0.293. The minimum Gasteiger partial charge on any atom is -0.467 e. The van der Waals surface area contributed by atoms with E-state index in [-0.39, 0.29) is 18.1 Å². The van der Waals surface area contributed by atoms with Gasteiger partial charge in [0.25, 0.3) is 0 Å². The first-order valence-electron chi connectivity index (χ1n) is 8.99. The van der Waals surface area contributed by atoms with Gasteiger partial charge in [-0.3, -0.25) is 10.6 Å². The van der Waals surface area contributed by atoms with E-state index < -0.39 is 5.66 Å². The van der Waals surface area contributed by atoms with Crippen molar-refractivity contribution in [2.45, 2.75) is 71.1 Å². The first-order chi connectivity index (χ1) is 11.9. The molecular formula is C20H34N2O3. The first kappa shape index (κ1) is 23.3. The molecule has 5 nitrogen and oxygen atoms in total. The maximum atomic E-state index is 12.2. The minimum atomic E-state index is -0.915. The molecular weight excluding hydrogens is 316 g/mol. The number of esters is 1. The van der Waals surface area contributed by atoms with Crippen LogP contribution in [0.5, 0.6) is 0 Å². The fraction of sp³-hybridized carbons (Fsp3) is 0.600. The number of nitrogens with one attached hydrogen (secondary N) is 2. The molecule has 0 saturated heterocycles. The van der Waals surface area contributed by atoms with Gasteiger partial charge in [0.2, 0.25) is 0 Å². The molecule has 0 saturated carbocycles. The van der Waals surface area contributed by atoms with Gasteiger partial charge in [0, 0.05) is 18.5 Å². The van der Waals surface area contributed by atoms with Crippen LogP contribution in [-0.4, -0.2) is 37.1 Å². The lowest BCUT2D eigenvalue weighted by Crippen LogP contribution is -2.66. The Bertz CT molecular complexity index is 439. The van der Waals surface area contributed by atoms with Crippen LogP contribution in [0.2, 0.25) is 0 Å². The maximum absolute atomic E-state index is 12.2. The van der Waals surface area contributed by atoms with Crippen molar-refractivity contribution in [3.63, 3.8) is 0 Å². The average Bonchev–Trinajstić information content (AvgIpc) is 2.62. The van der Waals surface area contributed by atoms with Gasteiger partial charge in [0.05, 0.1) is 7.11 Å². The van der Waals surface area contributed by atoms with E-state index in [2.05, 4.69) is 17.6 Å². The zero-order valence-corrected chi connectivity index (χ0v) is 16.2. The van der Waals surface area contributed by atoms with Crippen LogP contribution in [0, 0.1) is 0 Å². The molecule has 2 unspecified atom stereocenters. The summed E-state index contributed by atoms with van der Waals surface area (Å²) in [5.41, 5.74) is -0.915. The summed E-state index contributed by atoms with van der Waals surface area (Å²) in [6, 6.07) is 12.3. The van der Waals surface area contributed by atoms with E-state index in [0.717, 1.165) is 12.7 Å². The van der Waals surface area contributed by atoms with Gasteiger partial charge in [-0.15, -0.1) is 0 Å². The van der Waals surface area contributed by atoms with E-state index in [1.165, 1.54) is 7.11 Å². The molecule has 142 valence electrons. The minimum absolute atomic E-state index is 0.131. The van der Waals surface area contributed by atoms with E-state index in [1.54, 1.807) is 0 Å². The number of hydrogen-bond acceptors (Lipinski definition) is 5. The lowest BCUT2D eigenvalue weighted by atomic mass is 9.99. The van der Waals surface area contributed by atoms with Crippen LogP contribution in [0.3, 0.4) is 0 Å². The van der Waals surface area contributed by atoms with Crippen molar-refractivity contribution in [3.05, 3.63) is 36.4 Å². The second kappa shape index (κ2) is 13.6. The third-order valence-corrected chi connectivity index (χ3v) is 3.71. The van der Waals surface area contributed by atoms with Crippen molar-refractivity contribution < 1.29 is 14.3 Å². The Morgan fingerprint density at radius 3 is 1.96 bits per heavy atom. The fourth-order valence-electron chi connectivity index (χ4n) is 2.43. The van der Waals surface area contributed by atoms with Gasteiger partial charge in [0.1, 0.15) is 6.29 Å². The molecule has 0 aromatic heterocycles. The number of methoxy groups -OCH3 is 1. The standard InChI is InChI=1S/C14H28N2O3.C6H6/c1-6-12(4)16-14(13(18)19-5,15-11(2)3)9-7-8-10-17;1-2-4-6-5-3-1/h10-12,15-16H,6-9H2,1-5H3;1-6H. The predicted molar refractivity (Wildman–Crippen MR) is 102 cm³/mol. The monoisotopic (exact) mass is 350 g/mol. The highest BCUT2D eigenvalue weighted by Crippen LogP contribution is 2.16. The second-order valence-corrected chi connectivity index (χ2v) is 6.36. The highest BCUT2D eigenvalue weighted by Gasteiger charge is 2.40.